The maximum Gasteiger partial charge on any atom is 0.303 e. The van der Waals surface area contributed by atoms with Gasteiger partial charge in [0.25, 0.3) is 0 Å². The topological polar surface area (TPSA) is 93.6 Å². The van der Waals surface area contributed by atoms with Crippen LogP contribution in [-0.4, -0.2) is 30.7 Å². The van der Waals surface area contributed by atoms with Crippen LogP contribution in [0.2, 0.25) is 0 Å². The van der Waals surface area contributed by atoms with Crippen LogP contribution in [0.25, 0.3) is 33.5 Å². The van der Waals surface area contributed by atoms with Gasteiger partial charge in [-0.25, -0.2) is 8.42 Å². The van der Waals surface area contributed by atoms with Gasteiger partial charge in [0.15, 0.2) is 9.84 Å². The Morgan fingerprint density at radius 1 is 1.00 bits per heavy atom. The number of aromatic hydroxyl groups is 1. The summed E-state index contributed by atoms with van der Waals surface area (Å²) in [6.45, 7) is 1.37. The molecule has 1 aromatic heterocycles. The molecule has 182 valence electrons. The van der Waals surface area contributed by atoms with Crippen molar-refractivity contribution in [2.45, 2.75) is 24.3 Å². The van der Waals surface area contributed by atoms with E-state index in [4.69, 9.17) is 4.74 Å². The first-order valence-electron chi connectivity index (χ1n) is 11.2. The highest BCUT2D eigenvalue weighted by Crippen LogP contribution is 2.50. The third-order valence-corrected chi connectivity index (χ3v) is 7.91. The fourth-order valence-electron chi connectivity index (χ4n) is 4.73. The van der Waals surface area contributed by atoms with Crippen LogP contribution < -0.4 is 0 Å². The van der Waals surface area contributed by atoms with Gasteiger partial charge in [0.1, 0.15) is 11.9 Å². The van der Waals surface area contributed by atoms with Crippen molar-refractivity contribution in [2.24, 2.45) is 0 Å². The molecular weight excluding hydrogens is 542 g/mol. The molecule has 1 heterocycles. The number of pyridine rings is 1. The lowest BCUT2D eigenvalue weighted by molar-refractivity contribution is -0.146. The summed E-state index contributed by atoms with van der Waals surface area (Å²) in [6, 6.07) is 20.2. The van der Waals surface area contributed by atoms with E-state index in [0.717, 1.165) is 44.1 Å². The van der Waals surface area contributed by atoms with Crippen LogP contribution in [0.4, 0.5) is 0 Å². The predicted octanol–water partition coefficient (Wildman–Crippen LogP) is 6.11. The Hall–Kier alpha value is -3.49. The number of hydrogen-bond acceptors (Lipinski definition) is 6. The molecule has 0 aliphatic heterocycles. The highest BCUT2D eigenvalue weighted by atomic mass is 79.9. The predicted molar refractivity (Wildman–Crippen MR) is 141 cm³/mol. The summed E-state index contributed by atoms with van der Waals surface area (Å²) in [5.41, 5.74) is 6.21. The van der Waals surface area contributed by atoms with Crippen LogP contribution in [0, 0.1) is 0 Å². The molecule has 0 spiro atoms. The molecule has 1 unspecified atom stereocenters. The number of esters is 1. The molecule has 0 radical (unpaired) electrons. The van der Waals surface area contributed by atoms with Gasteiger partial charge < -0.3 is 9.84 Å². The van der Waals surface area contributed by atoms with Gasteiger partial charge >= 0.3 is 5.97 Å². The molecule has 8 heteroatoms. The molecule has 0 saturated heterocycles. The van der Waals surface area contributed by atoms with Gasteiger partial charge in [-0.2, -0.15) is 0 Å². The van der Waals surface area contributed by atoms with Crippen LogP contribution in [0.5, 0.6) is 5.75 Å². The number of aromatic nitrogens is 1. The normalized spacial score (nSPS) is 14.6. The Bertz CT molecular complexity index is 1600. The van der Waals surface area contributed by atoms with Gasteiger partial charge in [0.05, 0.1) is 10.6 Å². The number of phenolic OH excluding ortho intramolecular Hbond substituents is 1. The maximum absolute atomic E-state index is 12.1. The highest BCUT2D eigenvalue weighted by Gasteiger charge is 2.33. The van der Waals surface area contributed by atoms with E-state index in [1.165, 1.54) is 19.2 Å². The van der Waals surface area contributed by atoms with E-state index in [-0.39, 0.29) is 10.6 Å². The lowest BCUT2D eigenvalue weighted by atomic mass is 9.77. The van der Waals surface area contributed by atoms with E-state index in [1.54, 1.807) is 12.1 Å². The molecule has 5 rings (SSSR count). The number of hydrogen-bond donors (Lipinski definition) is 1. The Balaban J connectivity index is 1.74. The van der Waals surface area contributed by atoms with E-state index in [0.29, 0.717) is 17.7 Å². The lowest BCUT2D eigenvalue weighted by Gasteiger charge is -2.31. The number of ether oxygens (including phenoxy) is 1. The Morgan fingerprint density at radius 3 is 2.36 bits per heavy atom. The minimum Gasteiger partial charge on any atom is -0.507 e. The van der Waals surface area contributed by atoms with Crippen molar-refractivity contribution >= 4 is 31.7 Å². The van der Waals surface area contributed by atoms with Crippen molar-refractivity contribution in [3.8, 4) is 39.3 Å². The van der Waals surface area contributed by atoms with Crippen molar-refractivity contribution in [3.63, 3.8) is 0 Å². The Kier molecular flexibility index (Phi) is 6.18. The standard InChI is InChI=1S/C28H22BrNO5S/c1-16(31)35-26-14-23-21(24-12-10-19(15-30-24)36(2,33)34)4-3-5-22(23)27-25(32)13-11-20(28(26)27)17-6-8-18(29)9-7-17/h3-13,15,26,32H,14H2,1-2H3. The van der Waals surface area contributed by atoms with Gasteiger partial charge in [-0.15, -0.1) is 0 Å². The SMILES string of the molecule is CC(=O)OC1Cc2c(-c3ccc(S(C)(=O)=O)cn3)cccc2-c2c(O)ccc(-c3ccc(Br)cc3)c21. The molecule has 3 aromatic carbocycles. The summed E-state index contributed by atoms with van der Waals surface area (Å²) in [4.78, 5) is 16.7. The highest BCUT2D eigenvalue weighted by molar-refractivity contribution is 9.10. The molecule has 1 N–H and O–H groups in total. The number of rotatable bonds is 4. The Labute approximate surface area is 217 Å². The zero-order valence-electron chi connectivity index (χ0n) is 19.5. The third-order valence-electron chi connectivity index (χ3n) is 6.28. The number of carbonyl (C=O) groups excluding carboxylic acids is 1. The summed E-state index contributed by atoms with van der Waals surface area (Å²) in [6.07, 6.45) is 2.22. The smallest absolute Gasteiger partial charge is 0.303 e. The molecule has 1 aliphatic carbocycles. The average molecular weight is 564 g/mol. The molecule has 0 saturated carbocycles. The average Bonchev–Trinajstić information content (AvgIpc) is 2.84. The quantitative estimate of drug-likeness (QED) is 0.301. The first-order chi connectivity index (χ1) is 17.1. The van der Waals surface area contributed by atoms with Gasteiger partial charge in [0.2, 0.25) is 0 Å². The molecule has 0 fully saturated rings. The minimum atomic E-state index is -3.38. The summed E-state index contributed by atoms with van der Waals surface area (Å²) < 4.78 is 30.5. The number of nitrogens with zero attached hydrogens (tertiary/aromatic N) is 1. The fourth-order valence-corrected chi connectivity index (χ4v) is 5.56. The Morgan fingerprint density at radius 2 is 1.72 bits per heavy atom. The number of sulfone groups is 1. The second-order valence-corrected chi connectivity index (χ2v) is 11.6. The third kappa shape index (κ3) is 4.42. The van der Waals surface area contributed by atoms with E-state index < -0.39 is 21.9 Å². The fraction of sp³-hybridized carbons (Fsp3) is 0.143. The number of carbonyl (C=O) groups is 1. The van der Waals surface area contributed by atoms with Crippen molar-refractivity contribution in [2.75, 3.05) is 6.26 Å². The summed E-state index contributed by atoms with van der Waals surface area (Å²) in [5, 5.41) is 11.0. The zero-order chi connectivity index (χ0) is 25.6. The summed E-state index contributed by atoms with van der Waals surface area (Å²) in [5.74, 6) is -0.339. The first kappa shape index (κ1) is 24.2. The molecule has 36 heavy (non-hydrogen) atoms. The molecule has 4 aromatic rings. The van der Waals surface area contributed by atoms with Crippen LogP contribution in [-0.2, 0) is 25.8 Å². The molecule has 6 nitrogen and oxygen atoms in total. The molecule has 1 aliphatic rings. The summed E-state index contributed by atoms with van der Waals surface area (Å²) in [7, 11) is -3.38. The van der Waals surface area contributed by atoms with Crippen molar-refractivity contribution in [1.82, 2.24) is 4.98 Å². The van der Waals surface area contributed by atoms with Crippen molar-refractivity contribution in [1.29, 1.82) is 0 Å². The van der Waals surface area contributed by atoms with Crippen molar-refractivity contribution < 1.29 is 23.1 Å². The van der Waals surface area contributed by atoms with Gasteiger partial charge in [-0.1, -0.05) is 52.3 Å². The number of fused-ring (bicyclic) bond motifs is 3. The second-order valence-electron chi connectivity index (χ2n) is 8.71. The van der Waals surface area contributed by atoms with E-state index in [1.807, 2.05) is 48.5 Å². The molecule has 0 bridgehead atoms. The van der Waals surface area contributed by atoms with Gasteiger partial charge in [0, 0.05) is 47.0 Å². The van der Waals surface area contributed by atoms with E-state index in [9.17, 15) is 18.3 Å². The van der Waals surface area contributed by atoms with Crippen LogP contribution in [0.3, 0.4) is 0 Å². The first-order valence-corrected chi connectivity index (χ1v) is 13.9. The van der Waals surface area contributed by atoms with Crippen LogP contribution in [0.15, 0.2) is 82.3 Å². The van der Waals surface area contributed by atoms with Gasteiger partial charge in [-0.05, 0) is 52.6 Å². The molecule has 0 amide bonds. The zero-order valence-corrected chi connectivity index (χ0v) is 21.9. The minimum absolute atomic E-state index is 0.0847. The number of phenols is 1. The van der Waals surface area contributed by atoms with Crippen LogP contribution in [0.1, 0.15) is 24.2 Å². The second kappa shape index (κ2) is 9.19. The van der Waals surface area contributed by atoms with Gasteiger partial charge in [-0.3, -0.25) is 9.78 Å². The number of halogens is 1. The van der Waals surface area contributed by atoms with Crippen LogP contribution >= 0.6 is 15.9 Å². The lowest BCUT2D eigenvalue weighted by Crippen LogP contribution is -2.18. The van der Waals surface area contributed by atoms with Crippen molar-refractivity contribution in [3.05, 3.63) is 88.5 Å². The van der Waals surface area contributed by atoms with E-state index >= 15 is 0 Å². The largest absolute Gasteiger partial charge is 0.507 e. The number of benzene rings is 3. The maximum atomic E-state index is 12.1. The summed E-state index contributed by atoms with van der Waals surface area (Å²) >= 11 is 3.47. The molecule has 1 atom stereocenters. The monoisotopic (exact) mass is 563 g/mol. The molecular formula is C28H22BrNO5S. The van der Waals surface area contributed by atoms with E-state index in [2.05, 4.69) is 20.9 Å².